The molecule has 0 bridgehead atoms. The molecule has 0 heterocycles. The highest BCUT2D eigenvalue weighted by atomic mass is 19.1. The number of hydrogen-bond acceptors (Lipinski definition) is 1. The van der Waals surface area contributed by atoms with E-state index in [1.807, 2.05) is 12.1 Å². The van der Waals surface area contributed by atoms with Gasteiger partial charge in [0.05, 0.1) is 0 Å². The molecular weight excluding hydrogens is 189 g/mol. The lowest BCUT2D eigenvalue weighted by Crippen LogP contribution is -2.17. The summed E-state index contributed by atoms with van der Waals surface area (Å²) in [5, 5.41) is 0. The van der Waals surface area contributed by atoms with Crippen LogP contribution in [0.25, 0.3) is 0 Å². The van der Waals surface area contributed by atoms with E-state index >= 15 is 0 Å². The maximum atomic E-state index is 13.4. The summed E-state index contributed by atoms with van der Waals surface area (Å²) in [5.74, 6) is 0.931. The predicted molar refractivity (Wildman–Crippen MR) is 62.1 cm³/mol. The molecule has 0 amide bonds. The summed E-state index contributed by atoms with van der Waals surface area (Å²) >= 11 is 0. The van der Waals surface area contributed by atoms with Crippen LogP contribution in [0.5, 0.6) is 0 Å². The lowest BCUT2D eigenvalue weighted by Gasteiger charge is -2.20. The van der Waals surface area contributed by atoms with E-state index in [4.69, 9.17) is 5.73 Å². The Bertz CT molecular complexity index is 296. The van der Waals surface area contributed by atoms with Gasteiger partial charge >= 0.3 is 0 Å². The molecule has 0 aliphatic carbocycles. The first-order valence-corrected chi connectivity index (χ1v) is 5.58. The van der Waals surface area contributed by atoms with Crippen molar-refractivity contribution in [2.24, 2.45) is 17.6 Å². The second kappa shape index (κ2) is 5.86. The van der Waals surface area contributed by atoms with Crippen molar-refractivity contribution >= 4 is 0 Å². The Hall–Kier alpha value is -0.890. The smallest absolute Gasteiger partial charge is 0.126 e. The van der Waals surface area contributed by atoms with Crippen molar-refractivity contribution in [1.82, 2.24) is 0 Å². The third-order valence-electron chi connectivity index (χ3n) is 2.92. The minimum Gasteiger partial charge on any atom is -0.330 e. The SMILES string of the molecule is CC(C)C(CCN)Cc1ccccc1F. The van der Waals surface area contributed by atoms with E-state index in [-0.39, 0.29) is 5.82 Å². The van der Waals surface area contributed by atoms with Crippen LogP contribution in [0.3, 0.4) is 0 Å². The molecule has 0 saturated carbocycles. The van der Waals surface area contributed by atoms with Gasteiger partial charge in [0.15, 0.2) is 0 Å². The summed E-state index contributed by atoms with van der Waals surface area (Å²) in [7, 11) is 0. The fourth-order valence-electron chi connectivity index (χ4n) is 1.83. The summed E-state index contributed by atoms with van der Waals surface area (Å²) in [6.07, 6.45) is 1.76. The van der Waals surface area contributed by atoms with Gasteiger partial charge in [0.25, 0.3) is 0 Å². The second-order valence-corrected chi connectivity index (χ2v) is 4.38. The zero-order valence-electron chi connectivity index (χ0n) is 9.54. The highest BCUT2D eigenvalue weighted by Crippen LogP contribution is 2.21. The van der Waals surface area contributed by atoms with E-state index < -0.39 is 0 Å². The van der Waals surface area contributed by atoms with Gasteiger partial charge in [-0.15, -0.1) is 0 Å². The molecule has 1 nitrogen and oxygen atoms in total. The second-order valence-electron chi connectivity index (χ2n) is 4.38. The number of hydrogen-bond donors (Lipinski definition) is 1. The molecule has 0 radical (unpaired) electrons. The Labute approximate surface area is 91.5 Å². The number of halogens is 1. The van der Waals surface area contributed by atoms with Gasteiger partial charge in [-0.25, -0.2) is 4.39 Å². The van der Waals surface area contributed by atoms with Crippen LogP contribution in [0.2, 0.25) is 0 Å². The monoisotopic (exact) mass is 209 g/mol. The molecule has 1 aromatic rings. The normalized spacial score (nSPS) is 13.1. The van der Waals surface area contributed by atoms with Gasteiger partial charge < -0.3 is 5.73 Å². The van der Waals surface area contributed by atoms with Crippen LogP contribution in [-0.2, 0) is 6.42 Å². The number of benzene rings is 1. The molecular formula is C13H20FN. The minimum atomic E-state index is -0.0971. The fraction of sp³-hybridized carbons (Fsp3) is 0.538. The molecule has 1 atom stereocenters. The van der Waals surface area contributed by atoms with Crippen molar-refractivity contribution in [3.63, 3.8) is 0 Å². The molecule has 1 rings (SSSR count). The van der Waals surface area contributed by atoms with Gasteiger partial charge in [-0.1, -0.05) is 32.0 Å². The average molecular weight is 209 g/mol. The largest absolute Gasteiger partial charge is 0.330 e. The lowest BCUT2D eigenvalue weighted by atomic mass is 9.86. The Morgan fingerprint density at radius 3 is 2.47 bits per heavy atom. The highest BCUT2D eigenvalue weighted by molar-refractivity contribution is 5.17. The molecule has 0 saturated heterocycles. The predicted octanol–water partition coefficient (Wildman–Crippen LogP) is 2.99. The summed E-state index contributed by atoms with van der Waals surface area (Å²) < 4.78 is 13.4. The van der Waals surface area contributed by atoms with E-state index in [0.29, 0.717) is 18.4 Å². The maximum absolute atomic E-state index is 13.4. The van der Waals surface area contributed by atoms with Crippen LogP contribution < -0.4 is 5.73 Å². The van der Waals surface area contributed by atoms with Crippen molar-refractivity contribution < 1.29 is 4.39 Å². The molecule has 0 spiro atoms. The zero-order valence-corrected chi connectivity index (χ0v) is 9.54. The first-order valence-electron chi connectivity index (χ1n) is 5.58. The lowest BCUT2D eigenvalue weighted by molar-refractivity contribution is 0.358. The molecule has 84 valence electrons. The fourth-order valence-corrected chi connectivity index (χ4v) is 1.83. The van der Waals surface area contributed by atoms with Gasteiger partial charge in [0.1, 0.15) is 5.82 Å². The quantitative estimate of drug-likeness (QED) is 0.792. The van der Waals surface area contributed by atoms with Crippen LogP contribution >= 0.6 is 0 Å². The van der Waals surface area contributed by atoms with Crippen molar-refractivity contribution in [2.45, 2.75) is 26.7 Å². The Kier molecular flexibility index (Phi) is 4.76. The van der Waals surface area contributed by atoms with Gasteiger partial charge in [-0.3, -0.25) is 0 Å². The zero-order chi connectivity index (χ0) is 11.3. The van der Waals surface area contributed by atoms with E-state index in [0.717, 1.165) is 18.4 Å². The molecule has 1 unspecified atom stereocenters. The van der Waals surface area contributed by atoms with E-state index in [9.17, 15) is 4.39 Å². The van der Waals surface area contributed by atoms with Crippen LogP contribution in [0.15, 0.2) is 24.3 Å². The summed E-state index contributed by atoms with van der Waals surface area (Å²) in [4.78, 5) is 0. The molecule has 0 aliphatic heterocycles. The third-order valence-corrected chi connectivity index (χ3v) is 2.92. The third kappa shape index (κ3) is 3.63. The van der Waals surface area contributed by atoms with Crippen LogP contribution in [-0.4, -0.2) is 6.54 Å². The summed E-state index contributed by atoms with van der Waals surface area (Å²) in [5.41, 5.74) is 6.38. The van der Waals surface area contributed by atoms with Gasteiger partial charge in [-0.2, -0.15) is 0 Å². The average Bonchev–Trinajstić information content (AvgIpc) is 2.20. The van der Waals surface area contributed by atoms with Gasteiger partial charge in [0, 0.05) is 0 Å². The first-order chi connectivity index (χ1) is 7.15. The van der Waals surface area contributed by atoms with Crippen molar-refractivity contribution in [3.8, 4) is 0 Å². The van der Waals surface area contributed by atoms with Gasteiger partial charge in [0.2, 0.25) is 0 Å². The molecule has 15 heavy (non-hydrogen) atoms. The topological polar surface area (TPSA) is 26.0 Å². The van der Waals surface area contributed by atoms with Crippen LogP contribution in [0, 0.1) is 17.7 Å². The Balaban J connectivity index is 2.69. The molecule has 0 aliphatic rings. The number of rotatable bonds is 5. The Morgan fingerprint density at radius 1 is 1.27 bits per heavy atom. The number of nitrogens with two attached hydrogens (primary N) is 1. The Morgan fingerprint density at radius 2 is 1.93 bits per heavy atom. The van der Waals surface area contributed by atoms with Gasteiger partial charge in [-0.05, 0) is 42.9 Å². The molecule has 0 fully saturated rings. The molecule has 2 N–H and O–H groups in total. The van der Waals surface area contributed by atoms with E-state index in [1.54, 1.807) is 6.07 Å². The minimum absolute atomic E-state index is 0.0971. The van der Waals surface area contributed by atoms with E-state index in [2.05, 4.69) is 13.8 Å². The maximum Gasteiger partial charge on any atom is 0.126 e. The molecule has 2 heteroatoms. The van der Waals surface area contributed by atoms with Crippen molar-refractivity contribution in [2.75, 3.05) is 6.54 Å². The van der Waals surface area contributed by atoms with Crippen LogP contribution in [0.4, 0.5) is 4.39 Å². The van der Waals surface area contributed by atoms with E-state index in [1.165, 1.54) is 6.07 Å². The molecule has 0 aromatic heterocycles. The summed E-state index contributed by atoms with van der Waals surface area (Å²) in [6, 6.07) is 7.00. The standard InChI is InChI=1S/C13H20FN/c1-10(2)11(7-8-15)9-12-5-3-4-6-13(12)14/h3-6,10-11H,7-9,15H2,1-2H3. The van der Waals surface area contributed by atoms with Crippen LogP contribution in [0.1, 0.15) is 25.8 Å². The first kappa shape index (κ1) is 12.2. The summed E-state index contributed by atoms with van der Waals surface area (Å²) in [6.45, 7) is 5.01. The molecule has 1 aromatic carbocycles. The highest BCUT2D eigenvalue weighted by Gasteiger charge is 2.14. The van der Waals surface area contributed by atoms with Crippen molar-refractivity contribution in [3.05, 3.63) is 35.6 Å². The van der Waals surface area contributed by atoms with Crippen molar-refractivity contribution in [1.29, 1.82) is 0 Å².